The molecular weight excluding hydrogens is 312 g/mol. The first kappa shape index (κ1) is 17.8. The third kappa shape index (κ3) is 4.97. The van der Waals surface area contributed by atoms with E-state index in [1.807, 2.05) is 0 Å². The zero-order chi connectivity index (χ0) is 17.5. The van der Waals surface area contributed by atoms with E-state index in [4.69, 9.17) is 9.47 Å². The van der Waals surface area contributed by atoms with Crippen molar-refractivity contribution in [1.29, 1.82) is 0 Å². The standard InChI is InChI=1S/C17H22N2O5/c1-3-23-17(22)19-9-7-14(8-10-19)18-16(21)13-5-4-6-15(11-13)24-12(2)20/h4-6,11,14H,3,7-10H2,1-2H3,(H,18,21). The van der Waals surface area contributed by atoms with Gasteiger partial charge < -0.3 is 19.7 Å². The molecule has 0 aromatic heterocycles. The van der Waals surface area contributed by atoms with Crippen LogP contribution in [0.2, 0.25) is 0 Å². The number of nitrogens with zero attached hydrogens (tertiary/aromatic N) is 1. The number of rotatable bonds is 4. The highest BCUT2D eigenvalue weighted by molar-refractivity contribution is 5.94. The van der Waals surface area contributed by atoms with Gasteiger partial charge in [-0.05, 0) is 38.0 Å². The largest absolute Gasteiger partial charge is 0.450 e. The molecule has 1 aliphatic rings. The SMILES string of the molecule is CCOC(=O)N1CCC(NC(=O)c2cccc(OC(C)=O)c2)CC1. The van der Waals surface area contributed by atoms with E-state index in [1.165, 1.54) is 13.0 Å². The second-order valence-corrected chi connectivity index (χ2v) is 5.56. The summed E-state index contributed by atoms with van der Waals surface area (Å²) in [4.78, 5) is 36.6. The van der Waals surface area contributed by atoms with Gasteiger partial charge in [0, 0.05) is 31.6 Å². The Morgan fingerprint density at radius 3 is 2.58 bits per heavy atom. The van der Waals surface area contributed by atoms with Crippen molar-refractivity contribution in [3.63, 3.8) is 0 Å². The number of carbonyl (C=O) groups excluding carboxylic acids is 3. The Hall–Kier alpha value is -2.57. The van der Waals surface area contributed by atoms with Crippen LogP contribution in [0.15, 0.2) is 24.3 Å². The number of likely N-dealkylation sites (tertiary alicyclic amines) is 1. The number of amides is 2. The molecule has 0 unspecified atom stereocenters. The van der Waals surface area contributed by atoms with Gasteiger partial charge >= 0.3 is 12.1 Å². The Labute approximate surface area is 140 Å². The maximum atomic E-state index is 12.3. The molecule has 0 saturated carbocycles. The molecular formula is C17H22N2O5. The van der Waals surface area contributed by atoms with E-state index in [1.54, 1.807) is 30.0 Å². The number of esters is 1. The van der Waals surface area contributed by atoms with Crippen molar-refractivity contribution in [3.05, 3.63) is 29.8 Å². The molecule has 0 radical (unpaired) electrons. The third-order valence-corrected chi connectivity index (χ3v) is 3.71. The normalized spacial score (nSPS) is 14.8. The van der Waals surface area contributed by atoms with Crippen molar-refractivity contribution in [2.75, 3.05) is 19.7 Å². The van der Waals surface area contributed by atoms with Crippen molar-refractivity contribution in [2.24, 2.45) is 0 Å². The van der Waals surface area contributed by atoms with E-state index < -0.39 is 5.97 Å². The fraction of sp³-hybridized carbons (Fsp3) is 0.471. The summed E-state index contributed by atoms with van der Waals surface area (Å²) in [6.07, 6.45) is 1.04. The predicted molar refractivity (Wildman–Crippen MR) is 86.8 cm³/mol. The quantitative estimate of drug-likeness (QED) is 0.672. The van der Waals surface area contributed by atoms with Gasteiger partial charge in [0.2, 0.25) is 0 Å². The molecule has 130 valence electrons. The number of ether oxygens (including phenoxy) is 2. The Morgan fingerprint density at radius 2 is 1.96 bits per heavy atom. The van der Waals surface area contributed by atoms with Gasteiger partial charge in [-0.1, -0.05) is 6.07 Å². The van der Waals surface area contributed by atoms with E-state index >= 15 is 0 Å². The first-order valence-electron chi connectivity index (χ1n) is 8.00. The van der Waals surface area contributed by atoms with Gasteiger partial charge in [0.05, 0.1) is 6.61 Å². The fourth-order valence-electron chi connectivity index (χ4n) is 2.56. The summed E-state index contributed by atoms with van der Waals surface area (Å²) in [5, 5.41) is 2.95. The highest BCUT2D eigenvalue weighted by Gasteiger charge is 2.24. The van der Waals surface area contributed by atoms with E-state index in [0.717, 1.165) is 0 Å². The van der Waals surface area contributed by atoms with Gasteiger partial charge in [-0.25, -0.2) is 4.79 Å². The first-order chi connectivity index (χ1) is 11.5. The summed E-state index contributed by atoms with van der Waals surface area (Å²) >= 11 is 0. The minimum absolute atomic E-state index is 0.000517. The van der Waals surface area contributed by atoms with Gasteiger partial charge in [0.1, 0.15) is 5.75 Å². The Balaban J connectivity index is 1.87. The summed E-state index contributed by atoms with van der Waals surface area (Å²) in [7, 11) is 0. The number of hydrogen-bond donors (Lipinski definition) is 1. The lowest BCUT2D eigenvalue weighted by molar-refractivity contribution is -0.131. The van der Waals surface area contributed by atoms with Crippen molar-refractivity contribution in [1.82, 2.24) is 10.2 Å². The number of piperidine rings is 1. The predicted octanol–water partition coefficient (Wildman–Crippen LogP) is 1.96. The minimum Gasteiger partial charge on any atom is -0.450 e. The molecule has 7 heteroatoms. The van der Waals surface area contributed by atoms with Crippen LogP contribution in [0, 0.1) is 0 Å². The summed E-state index contributed by atoms with van der Waals surface area (Å²) < 4.78 is 9.95. The number of hydrogen-bond acceptors (Lipinski definition) is 5. The Bertz CT molecular complexity index is 609. The highest BCUT2D eigenvalue weighted by Crippen LogP contribution is 2.16. The van der Waals surface area contributed by atoms with Crippen LogP contribution in [0.25, 0.3) is 0 Å². The van der Waals surface area contributed by atoms with E-state index in [-0.39, 0.29) is 18.0 Å². The van der Waals surface area contributed by atoms with Gasteiger partial charge in [0.25, 0.3) is 5.91 Å². The lowest BCUT2D eigenvalue weighted by Crippen LogP contribution is -2.46. The van der Waals surface area contributed by atoms with Gasteiger partial charge in [-0.3, -0.25) is 9.59 Å². The lowest BCUT2D eigenvalue weighted by atomic mass is 10.0. The molecule has 1 aromatic carbocycles. The van der Waals surface area contributed by atoms with E-state index in [2.05, 4.69) is 5.32 Å². The fourth-order valence-corrected chi connectivity index (χ4v) is 2.56. The molecule has 0 spiro atoms. The maximum absolute atomic E-state index is 12.3. The average Bonchev–Trinajstić information content (AvgIpc) is 2.55. The summed E-state index contributed by atoms with van der Waals surface area (Å²) in [5.41, 5.74) is 0.432. The van der Waals surface area contributed by atoms with Crippen molar-refractivity contribution >= 4 is 18.0 Å². The van der Waals surface area contributed by atoms with Gasteiger partial charge in [-0.15, -0.1) is 0 Å². The second kappa shape index (κ2) is 8.33. The zero-order valence-corrected chi connectivity index (χ0v) is 13.9. The molecule has 1 aliphatic heterocycles. The smallest absolute Gasteiger partial charge is 0.409 e. The third-order valence-electron chi connectivity index (χ3n) is 3.71. The monoisotopic (exact) mass is 334 g/mol. The first-order valence-corrected chi connectivity index (χ1v) is 8.00. The number of nitrogens with one attached hydrogen (secondary N) is 1. The van der Waals surface area contributed by atoms with Crippen LogP contribution < -0.4 is 10.1 Å². The Morgan fingerprint density at radius 1 is 1.25 bits per heavy atom. The van der Waals surface area contributed by atoms with Crippen LogP contribution in [-0.4, -0.2) is 48.6 Å². The van der Waals surface area contributed by atoms with Crippen LogP contribution >= 0.6 is 0 Å². The maximum Gasteiger partial charge on any atom is 0.409 e. The van der Waals surface area contributed by atoms with Crippen LogP contribution in [-0.2, 0) is 9.53 Å². The number of benzene rings is 1. The lowest BCUT2D eigenvalue weighted by Gasteiger charge is -2.31. The van der Waals surface area contributed by atoms with Crippen molar-refractivity contribution < 1.29 is 23.9 Å². The number of carbonyl (C=O) groups is 3. The summed E-state index contributed by atoms with van der Waals surface area (Å²) in [6.45, 7) is 4.54. The van der Waals surface area contributed by atoms with Crippen LogP contribution in [0.3, 0.4) is 0 Å². The molecule has 0 bridgehead atoms. The van der Waals surface area contributed by atoms with Crippen LogP contribution in [0.4, 0.5) is 4.79 Å². The molecule has 2 rings (SSSR count). The molecule has 24 heavy (non-hydrogen) atoms. The van der Waals surface area contributed by atoms with Gasteiger partial charge in [0.15, 0.2) is 0 Å². The van der Waals surface area contributed by atoms with Crippen molar-refractivity contribution in [3.8, 4) is 5.75 Å². The molecule has 1 heterocycles. The molecule has 7 nitrogen and oxygen atoms in total. The Kier molecular flexibility index (Phi) is 6.17. The molecule has 1 aromatic rings. The zero-order valence-electron chi connectivity index (χ0n) is 13.9. The second-order valence-electron chi connectivity index (χ2n) is 5.56. The van der Waals surface area contributed by atoms with E-state index in [0.29, 0.717) is 43.9 Å². The van der Waals surface area contributed by atoms with Crippen LogP contribution in [0.5, 0.6) is 5.75 Å². The average molecular weight is 334 g/mol. The molecule has 1 fully saturated rings. The van der Waals surface area contributed by atoms with E-state index in [9.17, 15) is 14.4 Å². The molecule has 0 atom stereocenters. The molecule has 0 aliphatic carbocycles. The molecule has 1 saturated heterocycles. The molecule has 2 amide bonds. The summed E-state index contributed by atoms with van der Waals surface area (Å²) in [6, 6.07) is 6.48. The summed E-state index contributed by atoms with van der Waals surface area (Å²) in [5.74, 6) is -0.315. The van der Waals surface area contributed by atoms with Crippen LogP contribution in [0.1, 0.15) is 37.0 Å². The molecule has 1 N–H and O–H groups in total. The highest BCUT2D eigenvalue weighted by atomic mass is 16.6. The van der Waals surface area contributed by atoms with Crippen molar-refractivity contribution in [2.45, 2.75) is 32.7 Å². The minimum atomic E-state index is -0.432. The topological polar surface area (TPSA) is 84.9 Å². The van der Waals surface area contributed by atoms with Gasteiger partial charge in [-0.2, -0.15) is 0 Å².